The Morgan fingerprint density at radius 1 is 0.433 bits per heavy atom. The van der Waals surface area contributed by atoms with Crippen LogP contribution >= 0.6 is 0 Å². The molecule has 9 rings (SSSR count). The van der Waals surface area contributed by atoms with Crippen LogP contribution in [0.2, 0.25) is 0 Å². The fraction of sp³-hybridized carbons (Fsp3) is 0.0400. The topological polar surface area (TPSA) is 93.6 Å². The Balaban J connectivity index is 0.000000628. The van der Waals surface area contributed by atoms with Crippen LogP contribution in [0.4, 0.5) is 0 Å². The molecule has 0 spiro atoms. The molecule has 3 heterocycles. The maximum absolute atomic E-state index is 9.98. The average Bonchev–Trinajstić information content (AvgIpc) is 4.04. The normalized spacial score (nSPS) is 11.1. The molecule has 0 unspecified atom stereocenters. The van der Waals surface area contributed by atoms with Gasteiger partial charge in [0.25, 0.3) is 0 Å². The molecule has 0 aliphatic heterocycles. The largest absolute Gasteiger partial charge is 2.00 e. The van der Waals surface area contributed by atoms with E-state index < -0.39 is 7.12 Å². The average molecular weight is 825 g/mol. The molecule has 0 atom stereocenters. The maximum Gasteiger partial charge on any atom is 2.00 e. The van der Waals surface area contributed by atoms with E-state index in [1.54, 1.807) is 0 Å². The summed E-state index contributed by atoms with van der Waals surface area (Å²) in [5.41, 5.74) is 11.9. The van der Waals surface area contributed by atoms with E-state index in [1.165, 1.54) is 13.8 Å². The van der Waals surface area contributed by atoms with Gasteiger partial charge in [-0.15, -0.1) is 5.76 Å². The van der Waals surface area contributed by atoms with E-state index in [4.69, 9.17) is 15.3 Å². The van der Waals surface area contributed by atoms with Gasteiger partial charge in [-0.25, -0.2) is 15.3 Å². The number of carbonyl (C=O) groups is 1. The van der Waals surface area contributed by atoms with Crippen molar-refractivity contribution in [3.8, 4) is 67.5 Å². The molecule has 10 heteroatoms. The molecule has 0 bridgehead atoms. The van der Waals surface area contributed by atoms with Crippen LogP contribution < -0.4 is 5.11 Å². The van der Waals surface area contributed by atoms with Gasteiger partial charge in [-0.05, 0) is 47.9 Å². The Kier molecular flexibility index (Phi) is 13.0. The quantitative estimate of drug-likeness (QED) is 0.0778. The van der Waals surface area contributed by atoms with E-state index in [1.807, 2.05) is 36.4 Å². The van der Waals surface area contributed by atoms with Crippen molar-refractivity contribution in [3.05, 3.63) is 212 Å². The number of ketones is 1. The van der Waals surface area contributed by atoms with E-state index >= 15 is 0 Å². The van der Waals surface area contributed by atoms with Crippen molar-refractivity contribution in [2.45, 2.75) is 13.8 Å². The molecule has 9 aromatic rings. The first-order chi connectivity index (χ1) is 28.9. The molecule has 0 saturated carbocycles. The van der Waals surface area contributed by atoms with Crippen molar-refractivity contribution >= 4 is 12.9 Å². The first-order valence-electron chi connectivity index (χ1n) is 19.6. The van der Waals surface area contributed by atoms with Gasteiger partial charge in [-0.1, -0.05) is 189 Å². The third kappa shape index (κ3) is 9.21. The van der Waals surface area contributed by atoms with Gasteiger partial charge in [0.1, 0.15) is 0 Å². The summed E-state index contributed by atoms with van der Waals surface area (Å²) >= 11 is 0. The Hall–Kier alpha value is -7.26. The molecule has 294 valence electrons. The van der Waals surface area contributed by atoms with Crippen LogP contribution in [0, 0.1) is 0 Å². The number of rotatable bonds is 10. The summed E-state index contributed by atoms with van der Waals surface area (Å²) in [7, 11) is -1.96. The molecular weight excluding hydrogens is 783 g/mol. The predicted octanol–water partition coefficient (Wildman–Crippen LogP) is 9.78. The Bertz CT molecular complexity index is 2520. The molecule has 0 aliphatic carbocycles. The van der Waals surface area contributed by atoms with Gasteiger partial charge in [0, 0.05) is 33.8 Å². The first kappa shape index (κ1) is 40.9. The summed E-state index contributed by atoms with van der Waals surface area (Å²) in [6.45, 7) is 2.70. The molecule has 0 amide bonds. The van der Waals surface area contributed by atoms with Gasteiger partial charge in [0.2, 0.25) is 0 Å². The van der Waals surface area contributed by atoms with E-state index in [-0.39, 0.29) is 28.6 Å². The van der Waals surface area contributed by atoms with Gasteiger partial charge < -0.3 is 18.9 Å². The number of aromatic nitrogens is 6. The van der Waals surface area contributed by atoms with Crippen LogP contribution in [-0.4, -0.2) is 42.0 Å². The predicted molar refractivity (Wildman–Crippen MR) is 237 cm³/mol. The van der Waals surface area contributed by atoms with Crippen molar-refractivity contribution in [1.29, 1.82) is 0 Å². The summed E-state index contributed by atoms with van der Waals surface area (Å²) in [4.78, 5) is 9.98. The summed E-state index contributed by atoms with van der Waals surface area (Å²) in [5, 5.41) is 26.4. The minimum atomic E-state index is -1.96. The summed E-state index contributed by atoms with van der Waals surface area (Å²) < 4.78 is 6.50. The zero-order valence-electron chi connectivity index (χ0n) is 33.2. The van der Waals surface area contributed by atoms with Gasteiger partial charge in [0.05, 0.1) is 17.1 Å². The van der Waals surface area contributed by atoms with Crippen molar-refractivity contribution < 1.29 is 27.0 Å². The smallest absolute Gasteiger partial charge is 0.876 e. The van der Waals surface area contributed by atoms with E-state index in [2.05, 4.69) is 178 Å². The second-order valence-corrected chi connectivity index (χ2v) is 14.2. The molecule has 0 aliphatic rings. The van der Waals surface area contributed by atoms with Gasteiger partial charge in [-0.2, -0.15) is 0 Å². The molecular formula is C50H41BFeN6O2. The van der Waals surface area contributed by atoms with Crippen molar-refractivity contribution in [2.75, 3.05) is 0 Å². The Labute approximate surface area is 360 Å². The standard InChI is InChI=1S/C45H34BN6.C5H8O2.Fe/c1-7-19-34(20-8-1)40-31-43(37-25-13-4-14-26-37)50(47-40)46(51-44(38-27-15-5-16-28-38)32-41(48-51)35-21-9-2-10-22-35)52-45(39-29-17-6-18-30-39)33-42(49-52)36-23-11-3-12-24-36;1-4(6)3-5(2)7;/h1-33,46H;3,6H,1-2H3;/q-1;;+2/p-1/b;4-3-;. The molecule has 0 saturated heterocycles. The number of allylic oxidation sites excluding steroid dienone is 2. The number of hydrogen-bond donors (Lipinski definition) is 0. The minimum Gasteiger partial charge on any atom is -0.876 e. The van der Waals surface area contributed by atoms with Crippen LogP contribution in [-0.2, 0) is 21.9 Å². The van der Waals surface area contributed by atoms with Gasteiger partial charge >= 0.3 is 24.2 Å². The molecule has 0 fully saturated rings. The summed E-state index contributed by atoms with van der Waals surface area (Å²) in [6.07, 6.45) is 1.06. The third-order valence-corrected chi connectivity index (χ3v) is 9.97. The van der Waals surface area contributed by atoms with E-state index in [0.717, 1.165) is 73.6 Å². The molecule has 6 aromatic carbocycles. The van der Waals surface area contributed by atoms with Gasteiger partial charge in [-0.3, -0.25) is 4.79 Å². The Morgan fingerprint density at radius 2 is 0.667 bits per heavy atom. The van der Waals surface area contributed by atoms with Gasteiger partial charge in [0.15, 0.2) is 5.78 Å². The fourth-order valence-corrected chi connectivity index (χ4v) is 7.34. The van der Waals surface area contributed by atoms with Crippen LogP contribution in [0.1, 0.15) is 13.8 Å². The second-order valence-electron chi connectivity index (χ2n) is 14.2. The fourth-order valence-electron chi connectivity index (χ4n) is 7.34. The third-order valence-electron chi connectivity index (χ3n) is 9.97. The molecule has 0 N–H and O–H groups in total. The van der Waals surface area contributed by atoms with E-state index in [9.17, 15) is 9.90 Å². The van der Waals surface area contributed by atoms with Crippen LogP contribution in [0.5, 0.6) is 0 Å². The monoisotopic (exact) mass is 824 g/mol. The number of nitrogens with zero attached hydrogens (tertiary/aromatic N) is 6. The minimum absolute atomic E-state index is 0. The van der Waals surface area contributed by atoms with Crippen LogP contribution in [0.3, 0.4) is 0 Å². The Morgan fingerprint density at radius 3 is 0.867 bits per heavy atom. The first-order valence-corrected chi connectivity index (χ1v) is 19.6. The molecule has 3 aromatic heterocycles. The molecule has 8 nitrogen and oxygen atoms in total. The SMILES string of the molecule is CC(=O)/C=C(/C)[O-].[Fe+2].c1ccc(-c2cc(-c3ccccc3)n([BH-](n3nc(-c4ccccc4)cc3-c3ccccc3)n3nc(-c4ccccc4)cc3-c3ccccc3)n2)cc1. The van der Waals surface area contributed by atoms with Crippen LogP contribution in [0.25, 0.3) is 67.5 Å². The van der Waals surface area contributed by atoms with Crippen molar-refractivity contribution in [2.24, 2.45) is 0 Å². The van der Waals surface area contributed by atoms with Crippen LogP contribution in [0.15, 0.2) is 212 Å². The van der Waals surface area contributed by atoms with E-state index in [0.29, 0.717) is 0 Å². The summed E-state index contributed by atoms with van der Waals surface area (Å²) in [5.74, 6) is -0.375. The zero-order valence-corrected chi connectivity index (χ0v) is 34.3. The van der Waals surface area contributed by atoms with Crippen molar-refractivity contribution in [1.82, 2.24) is 29.1 Å². The second kappa shape index (κ2) is 19.0. The number of benzene rings is 6. The summed E-state index contributed by atoms with van der Waals surface area (Å²) in [6, 6.07) is 69.2. The maximum atomic E-state index is 9.98. The molecule has 60 heavy (non-hydrogen) atoms. The number of hydrogen-bond acceptors (Lipinski definition) is 5. The number of carbonyl (C=O) groups excluding carboxylic acids is 1. The zero-order chi connectivity index (χ0) is 40.6. The molecule has 0 radical (unpaired) electrons. The van der Waals surface area contributed by atoms with Crippen molar-refractivity contribution in [3.63, 3.8) is 0 Å².